The van der Waals surface area contributed by atoms with Crippen LogP contribution >= 0.6 is 11.6 Å². The van der Waals surface area contributed by atoms with Crippen molar-refractivity contribution in [3.05, 3.63) is 87.4 Å². The molecule has 1 fully saturated rings. The van der Waals surface area contributed by atoms with Gasteiger partial charge in [0.2, 0.25) is 0 Å². The second-order valence-electron chi connectivity index (χ2n) is 7.42. The molecule has 0 unspecified atom stereocenters. The van der Waals surface area contributed by atoms with E-state index < -0.39 is 5.63 Å². The number of likely N-dealkylation sites (tertiary alicyclic amines) is 1. The molecule has 0 aliphatic carbocycles. The number of piperidine rings is 1. The first-order valence-corrected chi connectivity index (χ1v) is 10.3. The van der Waals surface area contributed by atoms with Gasteiger partial charge in [0.25, 0.3) is 5.91 Å². The molecule has 1 aliphatic heterocycles. The molecule has 0 spiro atoms. The molecular formula is C24H22ClNO4. The molecule has 5 nitrogen and oxygen atoms in total. The Hall–Kier alpha value is -3.05. The van der Waals surface area contributed by atoms with Gasteiger partial charge in [0.1, 0.15) is 17.6 Å². The monoisotopic (exact) mass is 423 g/mol. The molecule has 1 saturated heterocycles. The van der Waals surface area contributed by atoms with Gasteiger partial charge in [-0.3, -0.25) is 4.79 Å². The van der Waals surface area contributed by atoms with Crippen molar-refractivity contribution in [3.8, 4) is 16.9 Å². The minimum atomic E-state index is -0.418. The molecule has 3 aromatic rings. The summed E-state index contributed by atoms with van der Waals surface area (Å²) in [6.07, 6.45) is 1.40. The Labute approximate surface area is 179 Å². The molecule has 1 aromatic heterocycles. The third-order valence-corrected chi connectivity index (χ3v) is 5.42. The van der Waals surface area contributed by atoms with Gasteiger partial charge in [0.05, 0.1) is 6.07 Å². The first-order chi connectivity index (χ1) is 14.5. The number of rotatable bonds is 4. The maximum atomic E-state index is 12.9. The van der Waals surface area contributed by atoms with E-state index in [9.17, 15) is 9.59 Å². The number of carbonyl (C=O) groups excluding carboxylic acids is 1. The van der Waals surface area contributed by atoms with Crippen molar-refractivity contribution in [3.63, 3.8) is 0 Å². The van der Waals surface area contributed by atoms with E-state index in [2.05, 4.69) is 0 Å². The van der Waals surface area contributed by atoms with E-state index >= 15 is 0 Å². The molecule has 154 valence electrons. The van der Waals surface area contributed by atoms with Crippen LogP contribution in [0.5, 0.6) is 5.75 Å². The molecule has 0 saturated carbocycles. The van der Waals surface area contributed by atoms with Gasteiger partial charge in [0, 0.05) is 42.6 Å². The van der Waals surface area contributed by atoms with E-state index in [0.717, 1.165) is 11.1 Å². The van der Waals surface area contributed by atoms with Crippen LogP contribution in [-0.2, 0) is 0 Å². The van der Waals surface area contributed by atoms with Crippen molar-refractivity contribution in [2.24, 2.45) is 0 Å². The zero-order valence-corrected chi connectivity index (χ0v) is 17.4. The van der Waals surface area contributed by atoms with Gasteiger partial charge in [0.15, 0.2) is 0 Å². The van der Waals surface area contributed by atoms with Crippen LogP contribution in [0.2, 0.25) is 5.02 Å². The second-order valence-corrected chi connectivity index (χ2v) is 7.86. The topological polar surface area (TPSA) is 59.8 Å². The molecular weight excluding hydrogens is 402 g/mol. The van der Waals surface area contributed by atoms with E-state index in [1.54, 1.807) is 13.0 Å². The van der Waals surface area contributed by atoms with Crippen molar-refractivity contribution < 1.29 is 13.9 Å². The van der Waals surface area contributed by atoms with E-state index in [1.807, 2.05) is 53.4 Å². The summed E-state index contributed by atoms with van der Waals surface area (Å²) in [5.41, 5.74) is 2.28. The quantitative estimate of drug-likeness (QED) is 0.595. The molecule has 1 aliphatic rings. The molecule has 6 heteroatoms. The van der Waals surface area contributed by atoms with Crippen molar-refractivity contribution in [1.82, 2.24) is 4.90 Å². The smallest absolute Gasteiger partial charge is 0.339 e. The zero-order valence-electron chi connectivity index (χ0n) is 16.6. The summed E-state index contributed by atoms with van der Waals surface area (Å²) in [7, 11) is 0. The third kappa shape index (κ3) is 4.74. The van der Waals surface area contributed by atoms with Gasteiger partial charge < -0.3 is 14.1 Å². The van der Waals surface area contributed by atoms with Crippen LogP contribution in [-0.4, -0.2) is 30.0 Å². The number of benzene rings is 2. The molecule has 2 aromatic carbocycles. The van der Waals surface area contributed by atoms with E-state index in [4.69, 9.17) is 20.8 Å². The highest BCUT2D eigenvalue weighted by Gasteiger charge is 2.25. The number of hydrogen-bond donors (Lipinski definition) is 0. The number of ether oxygens (including phenoxy) is 1. The lowest BCUT2D eigenvalue weighted by Crippen LogP contribution is -2.41. The van der Waals surface area contributed by atoms with Gasteiger partial charge >= 0.3 is 5.63 Å². The Balaban J connectivity index is 1.36. The van der Waals surface area contributed by atoms with Gasteiger partial charge in [-0.1, -0.05) is 35.9 Å². The van der Waals surface area contributed by atoms with Crippen molar-refractivity contribution in [2.75, 3.05) is 13.1 Å². The molecule has 0 N–H and O–H groups in total. The van der Waals surface area contributed by atoms with E-state index in [1.165, 1.54) is 6.07 Å². The summed E-state index contributed by atoms with van der Waals surface area (Å²) >= 11 is 6.07. The summed E-state index contributed by atoms with van der Waals surface area (Å²) in [6, 6.07) is 18.3. The minimum Gasteiger partial charge on any atom is -0.490 e. The van der Waals surface area contributed by atoms with Gasteiger partial charge in [-0.05, 0) is 42.3 Å². The number of hydrogen-bond acceptors (Lipinski definition) is 4. The molecule has 0 radical (unpaired) electrons. The van der Waals surface area contributed by atoms with Gasteiger partial charge in [-0.2, -0.15) is 0 Å². The van der Waals surface area contributed by atoms with E-state index in [-0.39, 0.29) is 12.0 Å². The Bertz CT molecular complexity index is 1100. The van der Waals surface area contributed by atoms with Crippen LogP contribution in [0.4, 0.5) is 0 Å². The van der Waals surface area contributed by atoms with Crippen LogP contribution < -0.4 is 10.4 Å². The van der Waals surface area contributed by atoms with Gasteiger partial charge in [-0.15, -0.1) is 0 Å². The van der Waals surface area contributed by atoms with Crippen LogP contribution in [0.25, 0.3) is 11.1 Å². The SMILES string of the molecule is Cc1cc(OC2CCN(C(=O)c3ccc(-c4cccc(Cl)c4)cc3)CC2)cc(=O)o1. The lowest BCUT2D eigenvalue weighted by Gasteiger charge is -2.32. The number of halogens is 1. The molecule has 30 heavy (non-hydrogen) atoms. The minimum absolute atomic E-state index is 0.0160. The summed E-state index contributed by atoms with van der Waals surface area (Å²) in [4.78, 5) is 26.2. The number of aryl methyl sites for hydroxylation is 1. The van der Waals surface area contributed by atoms with Crippen molar-refractivity contribution in [1.29, 1.82) is 0 Å². The van der Waals surface area contributed by atoms with E-state index in [0.29, 0.717) is 48.0 Å². The molecule has 4 rings (SSSR count). The fourth-order valence-electron chi connectivity index (χ4n) is 3.67. The average molecular weight is 424 g/mol. The first kappa shape index (κ1) is 20.2. The normalized spacial score (nSPS) is 14.5. The highest BCUT2D eigenvalue weighted by molar-refractivity contribution is 6.30. The second kappa shape index (κ2) is 8.76. The summed E-state index contributed by atoms with van der Waals surface area (Å²) in [5.74, 6) is 1.05. The maximum Gasteiger partial charge on any atom is 0.339 e. The lowest BCUT2D eigenvalue weighted by atomic mass is 10.0. The summed E-state index contributed by atoms with van der Waals surface area (Å²) < 4.78 is 10.9. The van der Waals surface area contributed by atoms with Crippen molar-refractivity contribution in [2.45, 2.75) is 25.9 Å². The Morgan fingerprint density at radius 3 is 2.43 bits per heavy atom. The zero-order chi connectivity index (χ0) is 21.1. The van der Waals surface area contributed by atoms with Crippen LogP contribution in [0, 0.1) is 6.92 Å². The average Bonchev–Trinajstić information content (AvgIpc) is 2.73. The molecule has 0 atom stereocenters. The van der Waals surface area contributed by atoms with Crippen LogP contribution in [0.1, 0.15) is 29.0 Å². The fourth-order valence-corrected chi connectivity index (χ4v) is 3.86. The molecule has 0 bridgehead atoms. The summed E-state index contributed by atoms with van der Waals surface area (Å²) in [5, 5.41) is 0.685. The maximum absolute atomic E-state index is 12.9. The Morgan fingerprint density at radius 1 is 1.03 bits per heavy atom. The molecule has 2 heterocycles. The van der Waals surface area contributed by atoms with Gasteiger partial charge in [-0.25, -0.2) is 4.79 Å². The summed E-state index contributed by atoms with van der Waals surface area (Å²) in [6.45, 7) is 2.94. The predicted octanol–water partition coefficient (Wildman–Crippen LogP) is 4.95. The van der Waals surface area contributed by atoms with Crippen LogP contribution in [0.15, 0.2) is 69.9 Å². The number of carbonyl (C=O) groups is 1. The Kier molecular flexibility index (Phi) is 5.91. The fraction of sp³-hybridized carbons (Fsp3) is 0.250. The van der Waals surface area contributed by atoms with Crippen LogP contribution in [0.3, 0.4) is 0 Å². The first-order valence-electron chi connectivity index (χ1n) is 9.92. The number of nitrogens with zero attached hydrogens (tertiary/aromatic N) is 1. The standard InChI is InChI=1S/C24H22ClNO4/c1-16-13-22(15-23(27)29-16)30-21-9-11-26(12-10-21)24(28)18-7-5-17(6-8-18)19-3-2-4-20(25)14-19/h2-8,13-15,21H,9-12H2,1H3. The highest BCUT2D eigenvalue weighted by Crippen LogP contribution is 2.24. The van der Waals surface area contributed by atoms with Crippen molar-refractivity contribution >= 4 is 17.5 Å². The predicted molar refractivity (Wildman–Crippen MR) is 116 cm³/mol. The Morgan fingerprint density at radius 2 is 1.77 bits per heavy atom. The molecule has 1 amide bonds. The lowest BCUT2D eigenvalue weighted by molar-refractivity contribution is 0.0594. The highest BCUT2D eigenvalue weighted by atomic mass is 35.5. The third-order valence-electron chi connectivity index (χ3n) is 5.19. The number of amides is 1. The largest absolute Gasteiger partial charge is 0.490 e.